The number of rotatable bonds is 2. The van der Waals surface area contributed by atoms with Gasteiger partial charge >= 0.3 is 0 Å². The zero-order chi connectivity index (χ0) is 17.1. The maximum absolute atomic E-state index is 12.6. The monoisotopic (exact) mass is 348 g/mol. The van der Waals surface area contributed by atoms with Crippen molar-refractivity contribution in [1.29, 1.82) is 0 Å². The van der Waals surface area contributed by atoms with Gasteiger partial charge in [0.05, 0.1) is 10.6 Å². The van der Waals surface area contributed by atoms with Gasteiger partial charge in [-0.25, -0.2) is 4.98 Å². The molecule has 126 valence electrons. The Bertz CT molecular complexity index is 761. The largest absolute Gasteiger partial charge is 0.448 e. The lowest BCUT2D eigenvalue weighted by molar-refractivity contribution is 0.0715. The van der Waals surface area contributed by atoms with Gasteiger partial charge in [0.25, 0.3) is 11.8 Å². The highest BCUT2D eigenvalue weighted by Gasteiger charge is 2.26. The number of amides is 2. The zero-order valence-corrected chi connectivity index (χ0v) is 14.0. The van der Waals surface area contributed by atoms with Gasteiger partial charge in [-0.05, 0) is 19.4 Å². The van der Waals surface area contributed by atoms with Crippen LogP contribution in [0.15, 0.2) is 29.3 Å². The van der Waals surface area contributed by atoms with Gasteiger partial charge in [-0.15, -0.1) is 0 Å². The molecule has 0 bridgehead atoms. The molecule has 0 radical (unpaired) electrons. The first-order chi connectivity index (χ1) is 11.6. The number of oxazole rings is 1. The summed E-state index contributed by atoms with van der Waals surface area (Å²) in [6, 6.07) is 1.60. The minimum Gasteiger partial charge on any atom is -0.448 e. The number of nitrogens with zero attached hydrogens (tertiary/aromatic N) is 4. The Morgan fingerprint density at radius 2 is 1.83 bits per heavy atom. The maximum Gasteiger partial charge on any atom is 0.276 e. The van der Waals surface area contributed by atoms with E-state index in [1.807, 2.05) is 0 Å². The van der Waals surface area contributed by atoms with E-state index in [1.54, 1.807) is 22.8 Å². The fourth-order valence-electron chi connectivity index (χ4n) is 2.70. The van der Waals surface area contributed by atoms with Crippen molar-refractivity contribution in [3.63, 3.8) is 0 Å². The molecule has 0 saturated carbocycles. The Morgan fingerprint density at radius 3 is 2.46 bits per heavy atom. The Labute approximate surface area is 144 Å². The fourth-order valence-corrected chi connectivity index (χ4v) is 2.87. The van der Waals surface area contributed by atoms with Crippen molar-refractivity contribution < 1.29 is 14.0 Å². The van der Waals surface area contributed by atoms with Crippen LogP contribution in [0.4, 0.5) is 0 Å². The van der Waals surface area contributed by atoms with E-state index in [0.717, 1.165) is 0 Å². The molecule has 0 spiro atoms. The van der Waals surface area contributed by atoms with Gasteiger partial charge in [0, 0.05) is 38.6 Å². The summed E-state index contributed by atoms with van der Waals surface area (Å²) >= 11 is 5.89. The molecule has 1 fully saturated rings. The number of carbonyl (C=O) groups is 2. The van der Waals surface area contributed by atoms with E-state index in [9.17, 15) is 9.59 Å². The molecule has 8 heteroatoms. The van der Waals surface area contributed by atoms with Crippen molar-refractivity contribution in [3.8, 4) is 0 Å². The molecule has 0 unspecified atom stereocenters. The highest BCUT2D eigenvalue weighted by atomic mass is 35.5. The second kappa shape index (κ2) is 7.00. The SMILES string of the molecule is Cc1ocnc1C(=O)N1CCCN(C(=O)c2cncc(Cl)c2)CC1. The molecule has 0 aromatic carbocycles. The highest BCUT2D eigenvalue weighted by Crippen LogP contribution is 2.15. The van der Waals surface area contributed by atoms with Crippen LogP contribution in [-0.4, -0.2) is 57.8 Å². The lowest BCUT2D eigenvalue weighted by atomic mass is 10.2. The van der Waals surface area contributed by atoms with Crippen molar-refractivity contribution in [2.45, 2.75) is 13.3 Å². The quantitative estimate of drug-likeness (QED) is 0.829. The minimum absolute atomic E-state index is 0.128. The molecule has 0 aliphatic carbocycles. The van der Waals surface area contributed by atoms with Crippen LogP contribution in [0.5, 0.6) is 0 Å². The van der Waals surface area contributed by atoms with Crippen LogP contribution in [-0.2, 0) is 0 Å². The molecule has 0 atom stereocenters. The van der Waals surface area contributed by atoms with E-state index >= 15 is 0 Å². The summed E-state index contributed by atoms with van der Waals surface area (Å²) in [5.74, 6) is 0.207. The molecular weight excluding hydrogens is 332 g/mol. The summed E-state index contributed by atoms with van der Waals surface area (Å²) in [6.45, 7) is 3.76. The fraction of sp³-hybridized carbons (Fsp3) is 0.375. The van der Waals surface area contributed by atoms with Crippen LogP contribution in [0.3, 0.4) is 0 Å². The maximum atomic E-state index is 12.6. The third-order valence-electron chi connectivity index (χ3n) is 3.97. The van der Waals surface area contributed by atoms with E-state index < -0.39 is 0 Å². The van der Waals surface area contributed by atoms with E-state index in [2.05, 4.69) is 9.97 Å². The molecule has 2 amide bonds. The van der Waals surface area contributed by atoms with Crippen LogP contribution < -0.4 is 0 Å². The van der Waals surface area contributed by atoms with Gasteiger partial charge < -0.3 is 14.2 Å². The topological polar surface area (TPSA) is 79.5 Å². The summed E-state index contributed by atoms with van der Waals surface area (Å²) in [5.41, 5.74) is 0.781. The third-order valence-corrected chi connectivity index (χ3v) is 4.18. The van der Waals surface area contributed by atoms with Crippen LogP contribution in [0, 0.1) is 6.92 Å². The van der Waals surface area contributed by atoms with Crippen molar-refractivity contribution >= 4 is 23.4 Å². The summed E-state index contributed by atoms with van der Waals surface area (Å²) in [6.07, 6.45) is 4.95. The summed E-state index contributed by atoms with van der Waals surface area (Å²) in [4.78, 5) is 36.4. The molecule has 2 aromatic heterocycles. The minimum atomic E-state index is -0.167. The van der Waals surface area contributed by atoms with Gasteiger partial charge in [-0.3, -0.25) is 14.6 Å². The van der Waals surface area contributed by atoms with Crippen LogP contribution in [0.25, 0.3) is 0 Å². The van der Waals surface area contributed by atoms with Gasteiger partial charge in [0.15, 0.2) is 12.1 Å². The predicted molar refractivity (Wildman–Crippen MR) is 86.9 cm³/mol. The molecule has 3 heterocycles. The van der Waals surface area contributed by atoms with E-state index in [4.69, 9.17) is 16.0 Å². The molecule has 3 rings (SSSR count). The molecule has 2 aromatic rings. The van der Waals surface area contributed by atoms with Crippen molar-refractivity contribution in [1.82, 2.24) is 19.8 Å². The van der Waals surface area contributed by atoms with Crippen molar-refractivity contribution in [2.75, 3.05) is 26.2 Å². The standard InChI is InChI=1S/C16H17ClN4O3/c1-11-14(19-10-24-11)16(23)21-4-2-3-20(5-6-21)15(22)12-7-13(17)9-18-8-12/h7-10H,2-6H2,1H3. The van der Waals surface area contributed by atoms with Crippen molar-refractivity contribution in [2.24, 2.45) is 0 Å². The number of carbonyl (C=O) groups excluding carboxylic acids is 2. The lowest BCUT2D eigenvalue weighted by Gasteiger charge is -2.21. The summed E-state index contributed by atoms with van der Waals surface area (Å²) < 4.78 is 5.09. The molecule has 1 aliphatic heterocycles. The zero-order valence-electron chi connectivity index (χ0n) is 13.2. The molecule has 24 heavy (non-hydrogen) atoms. The number of halogens is 1. The first-order valence-electron chi connectivity index (χ1n) is 7.65. The Kier molecular flexibility index (Phi) is 4.80. The van der Waals surface area contributed by atoms with Crippen LogP contribution in [0.1, 0.15) is 33.0 Å². The number of hydrogen-bond acceptors (Lipinski definition) is 5. The van der Waals surface area contributed by atoms with Crippen molar-refractivity contribution in [3.05, 3.63) is 46.9 Å². The van der Waals surface area contributed by atoms with Gasteiger partial charge in [-0.2, -0.15) is 0 Å². The molecule has 1 saturated heterocycles. The Balaban J connectivity index is 1.68. The number of hydrogen-bond donors (Lipinski definition) is 0. The summed E-state index contributed by atoms with van der Waals surface area (Å²) in [5, 5.41) is 0.425. The van der Waals surface area contributed by atoms with Crippen LogP contribution >= 0.6 is 11.6 Å². The molecular formula is C16H17ClN4O3. The second-order valence-corrected chi connectivity index (χ2v) is 6.02. The first-order valence-corrected chi connectivity index (χ1v) is 8.03. The predicted octanol–water partition coefficient (Wildman–Crippen LogP) is 2.02. The number of aryl methyl sites for hydroxylation is 1. The second-order valence-electron chi connectivity index (χ2n) is 5.59. The molecule has 1 aliphatic rings. The Morgan fingerprint density at radius 1 is 1.12 bits per heavy atom. The van der Waals surface area contributed by atoms with Crippen LogP contribution in [0.2, 0.25) is 5.02 Å². The Hall–Kier alpha value is -2.41. The molecule has 7 nitrogen and oxygen atoms in total. The molecule has 0 N–H and O–H groups in total. The first kappa shape index (κ1) is 16.4. The number of pyridine rings is 1. The number of aromatic nitrogens is 2. The smallest absolute Gasteiger partial charge is 0.276 e. The third kappa shape index (κ3) is 3.41. The lowest BCUT2D eigenvalue weighted by Crippen LogP contribution is -2.37. The van der Waals surface area contributed by atoms with E-state index in [1.165, 1.54) is 18.8 Å². The van der Waals surface area contributed by atoms with Gasteiger partial charge in [0.2, 0.25) is 0 Å². The van der Waals surface area contributed by atoms with E-state index in [0.29, 0.717) is 54.6 Å². The van der Waals surface area contributed by atoms with Gasteiger partial charge in [-0.1, -0.05) is 11.6 Å². The van der Waals surface area contributed by atoms with E-state index in [-0.39, 0.29) is 11.8 Å². The normalized spacial score (nSPS) is 15.2. The average molecular weight is 349 g/mol. The average Bonchev–Trinajstić information content (AvgIpc) is 2.85. The van der Waals surface area contributed by atoms with Gasteiger partial charge in [0.1, 0.15) is 5.76 Å². The summed E-state index contributed by atoms with van der Waals surface area (Å²) in [7, 11) is 0. The highest BCUT2D eigenvalue weighted by molar-refractivity contribution is 6.30.